The van der Waals surface area contributed by atoms with Gasteiger partial charge in [0.05, 0.1) is 23.8 Å². The summed E-state index contributed by atoms with van der Waals surface area (Å²) in [5, 5.41) is 13.5. The molecule has 0 radical (unpaired) electrons. The largest absolute Gasteiger partial charge is 0.506 e. The van der Waals surface area contributed by atoms with Crippen LogP contribution in [0.15, 0.2) is 42.5 Å². The van der Waals surface area contributed by atoms with E-state index in [0.717, 1.165) is 37.7 Å². The number of anilines is 1. The molecular formula is C24H27ClN2O4. The fourth-order valence-electron chi connectivity index (χ4n) is 5.16. The lowest BCUT2D eigenvalue weighted by molar-refractivity contribution is -0.122. The van der Waals surface area contributed by atoms with Crippen LogP contribution < -0.4 is 5.32 Å². The van der Waals surface area contributed by atoms with Crippen LogP contribution in [0.25, 0.3) is 0 Å². The van der Waals surface area contributed by atoms with Crippen molar-refractivity contribution in [1.82, 2.24) is 4.90 Å². The lowest BCUT2D eigenvalue weighted by Gasteiger charge is -2.53. The number of amides is 2. The number of aromatic hydroxyl groups is 1. The maximum atomic E-state index is 13.8. The van der Waals surface area contributed by atoms with Crippen molar-refractivity contribution >= 4 is 29.1 Å². The van der Waals surface area contributed by atoms with Gasteiger partial charge < -0.3 is 20.1 Å². The molecule has 0 saturated heterocycles. The van der Waals surface area contributed by atoms with Crippen LogP contribution in [-0.2, 0) is 9.53 Å². The number of phenolic OH excluding ortho intramolecular Hbond substituents is 1. The molecule has 2 N–H and O–H groups in total. The second-order valence-corrected chi connectivity index (χ2v) is 8.72. The van der Waals surface area contributed by atoms with Crippen molar-refractivity contribution in [3.8, 4) is 5.75 Å². The second-order valence-electron chi connectivity index (χ2n) is 8.28. The number of hydrogen-bond donors (Lipinski definition) is 2. The quantitative estimate of drug-likeness (QED) is 0.664. The van der Waals surface area contributed by atoms with Crippen molar-refractivity contribution in [2.45, 2.75) is 43.6 Å². The van der Waals surface area contributed by atoms with Gasteiger partial charge in [-0.1, -0.05) is 49.1 Å². The Labute approximate surface area is 187 Å². The molecule has 7 heteroatoms. The van der Waals surface area contributed by atoms with Crippen LogP contribution >= 0.6 is 11.6 Å². The van der Waals surface area contributed by atoms with E-state index in [1.165, 1.54) is 12.1 Å². The van der Waals surface area contributed by atoms with E-state index in [0.29, 0.717) is 23.7 Å². The van der Waals surface area contributed by atoms with E-state index < -0.39 is 11.5 Å². The van der Waals surface area contributed by atoms with Gasteiger partial charge in [-0.15, -0.1) is 0 Å². The molecule has 2 aromatic carbocycles. The van der Waals surface area contributed by atoms with E-state index in [1.807, 2.05) is 23.1 Å². The van der Waals surface area contributed by atoms with Gasteiger partial charge >= 0.3 is 0 Å². The molecule has 1 atom stereocenters. The van der Waals surface area contributed by atoms with E-state index >= 15 is 0 Å². The van der Waals surface area contributed by atoms with E-state index in [4.69, 9.17) is 16.3 Å². The summed E-state index contributed by atoms with van der Waals surface area (Å²) in [6.45, 7) is 0.828. The van der Waals surface area contributed by atoms with Gasteiger partial charge in [0.2, 0.25) is 5.91 Å². The van der Waals surface area contributed by atoms with Crippen LogP contribution in [0.2, 0.25) is 5.02 Å². The molecule has 1 fully saturated rings. The number of methoxy groups -OCH3 is 1. The molecule has 1 aliphatic heterocycles. The van der Waals surface area contributed by atoms with Crippen LogP contribution in [0.1, 0.15) is 53.9 Å². The molecule has 1 spiro atoms. The molecule has 1 saturated carbocycles. The zero-order valence-electron chi connectivity index (χ0n) is 17.6. The third-order valence-corrected chi connectivity index (χ3v) is 6.77. The molecule has 1 heterocycles. The van der Waals surface area contributed by atoms with Crippen molar-refractivity contribution in [3.05, 3.63) is 58.6 Å². The van der Waals surface area contributed by atoms with Gasteiger partial charge in [-0.2, -0.15) is 0 Å². The van der Waals surface area contributed by atoms with Gasteiger partial charge in [-0.05, 0) is 42.7 Å². The molecule has 0 aromatic heterocycles. The fourth-order valence-corrected chi connectivity index (χ4v) is 5.34. The minimum atomic E-state index is -0.625. The van der Waals surface area contributed by atoms with Crippen LogP contribution in [0, 0.1) is 0 Å². The number of ether oxygens (including phenoxy) is 1. The third-order valence-electron chi connectivity index (χ3n) is 6.54. The summed E-state index contributed by atoms with van der Waals surface area (Å²) in [4.78, 5) is 29.1. The molecule has 0 bridgehead atoms. The first-order valence-electron chi connectivity index (χ1n) is 10.7. The summed E-state index contributed by atoms with van der Waals surface area (Å²) in [6.07, 6.45) is 4.47. The van der Waals surface area contributed by atoms with Crippen LogP contribution in [0.5, 0.6) is 5.75 Å². The Balaban J connectivity index is 1.81. The summed E-state index contributed by atoms with van der Waals surface area (Å²) >= 11 is 6.08. The van der Waals surface area contributed by atoms with Crippen molar-refractivity contribution < 1.29 is 19.4 Å². The first-order valence-corrected chi connectivity index (χ1v) is 11.0. The Morgan fingerprint density at radius 3 is 2.71 bits per heavy atom. The summed E-state index contributed by atoms with van der Waals surface area (Å²) in [5.41, 5.74) is 0.925. The molecule has 31 heavy (non-hydrogen) atoms. The number of hydrogen-bond acceptors (Lipinski definition) is 4. The lowest BCUT2D eigenvalue weighted by atomic mass is 9.65. The smallest absolute Gasteiger partial charge is 0.254 e. The van der Waals surface area contributed by atoms with Crippen LogP contribution in [0.4, 0.5) is 5.69 Å². The standard InChI is InChI=1S/C24H27ClN2O4/c1-31-14-13-27-23(30)18-8-4-3-7-17(18)21(24(27)11-5-2-6-12-24)22(29)26-19-15-16(25)9-10-20(19)28/h3-4,7-10,15,21,28H,2,5-6,11-14H2,1H3,(H,26,29). The summed E-state index contributed by atoms with van der Waals surface area (Å²) in [7, 11) is 1.61. The summed E-state index contributed by atoms with van der Waals surface area (Å²) in [5.74, 6) is -0.908. The van der Waals surface area contributed by atoms with Gasteiger partial charge in [0, 0.05) is 24.2 Å². The highest BCUT2D eigenvalue weighted by Crippen LogP contribution is 2.49. The highest BCUT2D eigenvalue weighted by molar-refractivity contribution is 6.31. The van der Waals surface area contributed by atoms with Crippen LogP contribution in [-0.4, -0.2) is 47.6 Å². The maximum Gasteiger partial charge on any atom is 0.254 e. The molecule has 164 valence electrons. The minimum Gasteiger partial charge on any atom is -0.506 e. The first-order chi connectivity index (χ1) is 15.0. The van der Waals surface area contributed by atoms with Gasteiger partial charge in [-0.3, -0.25) is 9.59 Å². The van der Waals surface area contributed by atoms with E-state index in [2.05, 4.69) is 5.32 Å². The second kappa shape index (κ2) is 8.89. The Hall–Kier alpha value is -2.57. The SMILES string of the molecule is COCCN1C(=O)c2ccccc2C(C(=O)Nc2cc(Cl)ccc2O)C12CCCCC2. The zero-order valence-corrected chi connectivity index (χ0v) is 18.3. The van der Waals surface area contributed by atoms with Crippen LogP contribution in [0.3, 0.4) is 0 Å². The van der Waals surface area contributed by atoms with Crippen molar-refractivity contribution in [3.63, 3.8) is 0 Å². The molecule has 2 aromatic rings. The number of rotatable bonds is 5. The molecule has 2 amide bonds. The number of fused-ring (bicyclic) bond motifs is 1. The molecular weight excluding hydrogens is 416 g/mol. The number of phenols is 1. The predicted molar refractivity (Wildman–Crippen MR) is 120 cm³/mol. The predicted octanol–water partition coefficient (Wildman–Crippen LogP) is 4.57. The Morgan fingerprint density at radius 1 is 1.23 bits per heavy atom. The fraction of sp³-hybridized carbons (Fsp3) is 0.417. The van der Waals surface area contributed by atoms with Gasteiger partial charge in [0.25, 0.3) is 5.91 Å². The van der Waals surface area contributed by atoms with Crippen molar-refractivity contribution in [1.29, 1.82) is 0 Å². The third kappa shape index (κ3) is 3.90. The topological polar surface area (TPSA) is 78.9 Å². The monoisotopic (exact) mass is 442 g/mol. The van der Waals surface area contributed by atoms with Gasteiger partial charge in [0.1, 0.15) is 5.75 Å². The average Bonchev–Trinajstić information content (AvgIpc) is 2.77. The number of nitrogens with one attached hydrogen (secondary N) is 1. The number of carbonyl (C=O) groups excluding carboxylic acids is 2. The molecule has 1 aliphatic carbocycles. The van der Waals surface area contributed by atoms with Gasteiger partial charge in [-0.25, -0.2) is 0 Å². The van der Waals surface area contributed by atoms with E-state index in [9.17, 15) is 14.7 Å². The molecule has 1 unspecified atom stereocenters. The summed E-state index contributed by atoms with van der Waals surface area (Å²) < 4.78 is 5.29. The van der Waals surface area contributed by atoms with Crippen molar-refractivity contribution in [2.24, 2.45) is 0 Å². The Kier molecular flexibility index (Phi) is 6.21. The molecule has 2 aliphatic rings. The Morgan fingerprint density at radius 2 is 1.97 bits per heavy atom. The maximum absolute atomic E-state index is 13.8. The number of nitrogens with zero attached hydrogens (tertiary/aromatic N) is 1. The molecule has 4 rings (SSSR count). The number of carbonyl (C=O) groups is 2. The first kappa shape index (κ1) is 21.7. The number of benzene rings is 2. The van der Waals surface area contributed by atoms with Gasteiger partial charge in [0.15, 0.2) is 0 Å². The minimum absolute atomic E-state index is 0.0492. The van der Waals surface area contributed by atoms with E-state index in [1.54, 1.807) is 19.2 Å². The summed E-state index contributed by atoms with van der Waals surface area (Å²) in [6, 6.07) is 11.9. The highest BCUT2D eigenvalue weighted by Gasteiger charge is 2.54. The average molecular weight is 443 g/mol. The lowest BCUT2D eigenvalue weighted by Crippen LogP contribution is -2.62. The highest BCUT2D eigenvalue weighted by atomic mass is 35.5. The number of halogens is 1. The Bertz CT molecular complexity index is 987. The zero-order chi connectivity index (χ0) is 22.0. The van der Waals surface area contributed by atoms with E-state index in [-0.39, 0.29) is 23.3 Å². The van der Waals surface area contributed by atoms with Crippen molar-refractivity contribution in [2.75, 3.05) is 25.6 Å². The molecule has 6 nitrogen and oxygen atoms in total. The normalized spacial score (nSPS) is 19.9.